The maximum Gasteiger partial charge on any atom is 0.141 e. The summed E-state index contributed by atoms with van der Waals surface area (Å²) >= 11 is 0. The van der Waals surface area contributed by atoms with Gasteiger partial charge >= 0.3 is 0 Å². The van der Waals surface area contributed by atoms with Gasteiger partial charge in [-0.05, 0) is 31.2 Å². The van der Waals surface area contributed by atoms with Crippen LogP contribution in [0, 0.1) is 11.7 Å². The first-order chi connectivity index (χ1) is 11.6. The van der Waals surface area contributed by atoms with Gasteiger partial charge in [0.15, 0.2) is 0 Å². The second-order valence-electron chi connectivity index (χ2n) is 5.39. The van der Waals surface area contributed by atoms with Crippen molar-refractivity contribution in [1.29, 1.82) is 4.78 Å². The first-order valence-corrected chi connectivity index (χ1v) is 8.68. The molecule has 0 aliphatic rings. The molecule has 0 aliphatic heterocycles. The summed E-state index contributed by atoms with van der Waals surface area (Å²) in [5, 5.41) is 0.909. The van der Waals surface area contributed by atoms with Crippen LogP contribution in [0.4, 0.5) is 0 Å². The highest BCUT2D eigenvalue weighted by Crippen LogP contribution is 2.33. The zero-order valence-corrected chi connectivity index (χ0v) is 14.2. The van der Waals surface area contributed by atoms with Crippen molar-refractivity contribution in [2.75, 3.05) is 7.11 Å². The molecule has 3 aromatic rings. The molecule has 0 amide bonds. The number of hydrogen-bond donors (Lipinski definition) is 1. The lowest BCUT2D eigenvalue weighted by Crippen LogP contribution is -1.93. The minimum absolute atomic E-state index is 0.220. The van der Waals surface area contributed by atoms with Gasteiger partial charge in [-0.15, -0.1) is 0 Å². The molecule has 0 bridgehead atoms. The van der Waals surface area contributed by atoms with E-state index in [1.54, 1.807) is 13.3 Å². The van der Waals surface area contributed by atoms with Crippen LogP contribution in [-0.4, -0.2) is 12.1 Å². The molecule has 1 aromatic heterocycles. The van der Waals surface area contributed by atoms with E-state index >= 15 is 0 Å². The average molecular weight is 341 g/mol. The fourth-order valence-electron chi connectivity index (χ4n) is 2.43. The zero-order chi connectivity index (χ0) is 17.1. The summed E-state index contributed by atoms with van der Waals surface area (Å²) < 4.78 is 29.4. The molecule has 0 spiro atoms. The summed E-state index contributed by atoms with van der Waals surface area (Å²) in [6.07, 6.45) is 1.77. The number of nitrogens with zero attached hydrogens (tertiary/aromatic N) is 1. The lowest BCUT2D eigenvalue weighted by atomic mass is 10.1. The number of ether oxygens (including phenoxy) is 2. The van der Waals surface area contributed by atoms with E-state index in [1.165, 1.54) is 0 Å². The Morgan fingerprint density at radius 1 is 1.12 bits per heavy atom. The third kappa shape index (κ3) is 3.49. The average Bonchev–Trinajstić information content (AvgIpc) is 2.58. The van der Waals surface area contributed by atoms with Crippen LogP contribution in [0.1, 0.15) is 11.1 Å². The highest BCUT2D eigenvalue weighted by molar-refractivity contribution is 7.72. The van der Waals surface area contributed by atoms with Crippen molar-refractivity contribution in [2.45, 2.75) is 12.7 Å². The Morgan fingerprint density at radius 2 is 1.83 bits per heavy atom. The molecule has 24 heavy (non-hydrogen) atoms. The molecule has 1 heterocycles. The lowest BCUT2D eigenvalue weighted by molar-refractivity contribution is 0.415. The molecule has 0 aliphatic carbocycles. The second-order valence-corrected chi connectivity index (χ2v) is 6.37. The Kier molecular flexibility index (Phi) is 4.66. The van der Waals surface area contributed by atoms with Crippen molar-refractivity contribution in [3.63, 3.8) is 0 Å². The van der Waals surface area contributed by atoms with E-state index in [0.29, 0.717) is 5.75 Å². The Bertz CT molecular complexity index is 942. The predicted molar refractivity (Wildman–Crippen MR) is 94.0 cm³/mol. The maximum atomic E-state index is 11.0. The molecule has 0 saturated carbocycles. The predicted octanol–water partition coefficient (Wildman–Crippen LogP) is 4.57. The molecule has 6 heteroatoms. The number of benzene rings is 2. The summed E-state index contributed by atoms with van der Waals surface area (Å²) in [4.78, 5) is 4.42. The number of nitrogens with one attached hydrogen (secondary N) is 1. The van der Waals surface area contributed by atoms with Gasteiger partial charge in [-0.25, -0.2) is 0 Å². The minimum atomic E-state index is -1.60. The molecule has 2 aromatic carbocycles. The largest absolute Gasteiger partial charge is 0.497 e. The molecular formula is C18H17N2O3S-. The number of pyridine rings is 1. The number of rotatable bonds is 5. The van der Waals surface area contributed by atoms with Gasteiger partial charge in [0.1, 0.15) is 17.2 Å². The van der Waals surface area contributed by atoms with Crippen molar-refractivity contribution in [1.82, 2.24) is 4.98 Å². The molecule has 0 saturated heterocycles. The highest BCUT2D eigenvalue weighted by atomic mass is 32.2. The van der Waals surface area contributed by atoms with E-state index in [1.807, 2.05) is 49.4 Å². The van der Waals surface area contributed by atoms with E-state index < -0.39 is 10.6 Å². The topological polar surface area (TPSA) is 72.3 Å². The van der Waals surface area contributed by atoms with Crippen LogP contribution in [0.15, 0.2) is 48.7 Å². The summed E-state index contributed by atoms with van der Waals surface area (Å²) in [5.41, 5.74) is 2.58. The lowest BCUT2D eigenvalue weighted by Gasteiger charge is -2.13. The number of aromatic nitrogens is 1. The number of hydrogen-bond acceptors (Lipinski definition) is 6. The van der Waals surface area contributed by atoms with E-state index in [0.717, 1.165) is 33.5 Å². The first kappa shape index (κ1) is 16.3. The number of fused-ring (bicyclic) bond motifs is 1. The zero-order valence-electron chi connectivity index (χ0n) is 13.4. The molecular weight excluding hydrogens is 324 g/mol. The third-order valence-electron chi connectivity index (χ3n) is 3.65. The minimum Gasteiger partial charge on any atom is -0.497 e. The summed E-state index contributed by atoms with van der Waals surface area (Å²) in [7, 11) is 0.0257. The van der Waals surface area contributed by atoms with Gasteiger partial charge in [-0.2, -0.15) is 10.6 Å². The van der Waals surface area contributed by atoms with Crippen LogP contribution in [0.2, 0.25) is 0 Å². The van der Waals surface area contributed by atoms with E-state index in [9.17, 15) is 4.21 Å². The molecule has 0 radical (unpaired) electrons. The van der Waals surface area contributed by atoms with Crippen molar-refractivity contribution in [3.05, 3.63) is 59.8 Å². The fraction of sp³-hybridized carbons (Fsp3) is 0.167. The third-order valence-corrected chi connectivity index (χ3v) is 4.24. The van der Waals surface area contributed by atoms with Crippen LogP contribution < -0.4 is 9.47 Å². The monoisotopic (exact) mass is 341 g/mol. The quantitative estimate of drug-likeness (QED) is 0.690. The fourth-order valence-corrected chi connectivity index (χ4v) is 2.93. The van der Waals surface area contributed by atoms with E-state index in [2.05, 4.69) is 4.98 Å². The standard InChI is InChI=1S/C18H17N2O3S/c1-12-10-20-17-9-15(22-2)7-8-16(17)18(12)23-14-5-3-13(4-6-14)11-24(19)21/h3-10,19H,11H2,1-2H3/q-1. The number of methoxy groups -OCH3 is 1. The van der Waals surface area contributed by atoms with Gasteiger partial charge in [0.2, 0.25) is 0 Å². The second kappa shape index (κ2) is 6.88. The Morgan fingerprint density at radius 3 is 2.50 bits per heavy atom. The Hall–Kier alpha value is -2.60. The van der Waals surface area contributed by atoms with Gasteiger partial charge in [0.25, 0.3) is 0 Å². The summed E-state index contributed by atoms with van der Waals surface area (Å²) in [5.74, 6) is 2.40. The molecule has 3 rings (SSSR count). The summed E-state index contributed by atoms with van der Waals surface area (Å²) in [6, 6.07) is 13.0. The molecule has 0 atom stereocenters. The molecule has 0 fully saturated rings. The SMILES string of the molecule is COc1ccc2c(Oc3ccc(C[S-](=N)=O)cc3)c(C)cnc2c1. The Balaban J connectivity index is 1.95. The molecule has 124 valence electrons. The van der Waals surface area contributed by atoms with Crippen LogP contribution in [0.25, 0.3) is 10.9 Å². The van der Waals surface area contributed by atoms with E-state index in [-0.39, 0.29) is 5.75 Å². The van der Waals surface area contributed by atoms with Crippen molar-refractivity contribution in [3.8, 4) is 17.2 Å². The van der Waals surface area contributed by atoms with Gasteiger partial charge in [0, 0.05) is 23.2 Å². The summed E-state index contributed by atoms with van der Waals surface area (Å²) in [6.45, 7) is 1.95. The van der Waals surface area contributed by atoms with Crippen molar-refractivity contribution < 1.29 is 13.7 Å². The van der Waals surface area contributed by atoms with Crippen molar-refractivity contribution >= 4 is 21.5 Å². The van der Waals surface area contributed by atoms with Gasteiger partial charge in [-0.1, -0.05) is 23.4 Å². The molecule has 0 unspecified atom stereocenters. The maximum absolute atomic E-state index is 11.0. The first-order valence-electron chi connectivity index (χ1n) is 7.36. The highest BCUT2D eigenvalue weighted by Gasteiger charge is 2.09. The van der Waals surface area contributed by atoms with Gasteiger partial charge in [0.05, 0.1) is 12.6 Å². The Labute approximate surface area is 142 Å². The molecule has 5 nitrogen and oxygen atoms in total. The van der Waals surface area contributed by atoms with E-state index in [4.69, 9.17) is 14.3 Å². The van der Waals surface area contributed by atoms with Crippen LogP contribution in [0.3, 0.4) is 0 Å². The normalized spacial score (nSPS) is 11.0. The smallest absolute Gasteiger partial charge is 0.141 e. The molecule has 1 N–H and O–H groups in total. The van der Waals surface area contributed by atoms with Crippen LogP contribution >= 0.6 is 0 Å². The van der Waals surface area contributed by atoms with Crippen LogP contribution in [0.5, 0.6) is 17.2 Å². The van der Waals surface area contributed by atoms with Crippen LogP contribution in [-0.2, 0) is 20.6 Å². The van der Waals surface area contributed by atoms with Crippen molar-refractivity contribution in [2.24, 2.45) is 0 Å². The van der Waals surface area contributed by atoms with Gasteiger partial charge in [-0.3, -0.25) is 4.98 Å². The number of aryl methyl sites for hydroxylation is 1. The van der Waals surface area contributed by atoms with Gasteiger partial charge < -0.3 is 18.5 Å².